The fraction of sp³-hybridized carbons (Fsp3) is 0.250. The van der Waals surface area contributed by atoms with Crippen molar-refractivity contribution in [3.05, 3.63) is 24.3 Å². The van der Waals surface area contributed by atoms with Crippen molar-refractivity contribution in [1.82, 2.24) is 10.3 Å². The number of hydrogen-bond acceptors (Lipinski definition) is 5. The van der Waals surface area contributed by atoms with Crippen LogP contribution in [0.4, 0.5) is 0 Å². The van der Waals surface area contributed by atoms with Crippen LogP contribution in [0.1, 0.15) is 6.42 Å². The van der Waals surface area contributed by atoms with Crippen LogP contribution in [0.5, 0.6) is 0 Å². The summed E-state index contributed by atoms with van der Waals surface area (Å²) in [5, 5.41) is 10.8. The second-order valence-electron chi connectivity index (χ2n) is 3.77. The number of aromatic nitrogens is 1. The van der Waals surface area contributed by atoms with Gasteiger partial charge in [-0.15, -0.1) is 0 Å². The summed E-state index contributed by atoms with van der Waals surface area (Å²) in [7, 11) is 1.46. The molecule has 1 heterocycles. The Kier molecular flexibility index (Phi) is 6.17. The molecule has 0 aliphatic heterocycles. The molecule has 2 rings (SSSR count). The van der Waals surface area contributed by atoms with Crippen molar-refractivity contribution in [2.45, 2.75) is 16.9 Å². The summed E-state index contributed by atoms with van der Waals surface area (Å²) in [6.07, 6.45) is -0.130. The summed E-state index contributed by atoms with van der Waals surface area (Å²) < 4.78 is 5.42. The van der Waals surface area contributed by atoms with Crippen LogP contribution in [0.3, 0.4) is 0 Å². The monoisotopic (exact) mass is 344 g/mol. The van der Waals surface area contributed by atoms with E-state index in [1.807, 2.05) is 6.07 Å². The number of oxazole rings is 1. The van der Waals surface area contributed by atoms with Gasteiger partial charge in [0.1, 0.15) is 10.8 Å². The molecule has 1 aromatic carbocycles. The number of rotatable bonds is 5. The van der Waals surface area contributed by atoms with Gasteiger partial charge in [-0.05, 0) is 12.1 Å². The number of carbonyl (C=O) groups is 2. The van der Waals surface area contributed by atoms with Crippen molar-refractivity contribution in [2.75, 3.05) is 7.05 Å². The Hall–Kier alpha value is -1.40. The maximum atomic E-state index is 11.3. The number of aliphatic carboxylic acids is 1. The van der Waals surface area contributed by atoms with Crippen molar-refractivity contribution in [3.8, 4) is 0 Å². The van der Waals surface area contributed by atoms with Crippen molar-refractivity contribution in [3.63, 3.8) is 0 Å². The first kappa shape index (κ1) is 16.7. The normalized spacial score (nSPS) is 11.7. The molecule has 0 radical (unpaired) electrons. The quantitative estimate of drug-likeness (QED) is 0.630. The van der Waals surface area contributed by atoms with E-state index < -0.39 is 11.2 Å². The van der Waals surface area contributed by atoms with Crippen LogP contribution in [0.25, 0.3) is 11.1 Å². The molecular weight excluding hydrogens is 334 g/mol. The predicted molar refractivity (Wildman–Crippen MR) is 70.0 cm³/mol. The van der Waals surface area contributed by atoms with Crippen molar-refractivity contribution < 1.29 is 38.6 Å². The Bertz CT molecular complexity index is 583. The number of hydrogen-bond donors (Lipinski definition) is 2. The largest absolute Gasteiger partial charge is 0.480 e. The van der Waals surface area contributed by atoms with Crippen molar-refractivity contribution in [2.24, 2.45) is 0 Å². The third-order valence-corrected chi connectivity index (χ3v) is 3.47. The Balaban J connectivity index is 0.00000200. The summed E-state index contributed by atoms with van der Waals surface area (Å²) in [6, 6.07) is 7.15. The van der Waals surface area contributed by atoms with E-state index in [0.29, 0.717) is 11.1 Å². The molecule has 0 aliphatic rings. The van der Waals surface area contributed by atoms with Gasteiger partial charge in [-0.25, -0.2) is 4.98 Å². The Labute approximate surface area is 132 Å². The van der Waals surface area contributed by atoms with Gasteiger partial charge in [0.05, 0.1) is 0 Å². The van der Waals surface area contributed by atoms with E-state index in [1.54, 1.807) is 18.2 Å². The van der Waals surface area contributed by atoms with Crippen LogP contribution in [0.2, 0.25) is 0 Å². The first-order chi connectivity index (χ1) is 9.10. The summed E-state index contributed by atoms with van der Waals surface area (Å²) in [6.45, 7) is 0. The smallest absolute Gasteiger partial charge is 0.317 e. The van der Waals surface area contributed by atoms with E-state index in [1.165, 1.54) is 7.05 Å². The molecule has 0 bridgehead atoms. The molecule has 6 nitrogen and oxygen atoms in total. The van der Waals surface area contributed by atoms with Crippen LogP contribution in [-0.4, -0.2) is 34.3 Å². The fourth-order valence-electron chi connectivity index (χ4n) is 1.47. The van der Waals surface area contributed by atoms with Crippen LogP contribution >= 0.6 is 11.8 Å². The second-order valence-corrected chi connectivity index (χ2v) is 4.92. The number of benzene rings is 1. The molecule has 20 heavy (non-hydrogen) atoms. The fourth-order valence-corrected chi connectivity index (χ4v) is 2.34. The molecule has 0 fully saturated rings. The topological polar surface area (TPSA) is 92.4 Å². The molecule has 1 amide bonds. The summed E-state index contributed by atoms with van der Waals surface area (Å²) in [4.78, 5) is 26.5. The zero-order valence-electron chi connectivity index (χ0n) is 10.8. The van der Waals surface area contributed by atoms with Crippen LogP contribution in [-0.2, 0) is 29.1 Å². The minimum atomic E-state index is -1.07. The van der Waals surface area contributed by atoms with E-state index in [2.05, 4.69) is 10.3 Å². The third kappa shape index (κ3) is 4.05. The predicted octanol–water partition coefficient (Wildman–Crippen LogP) is 1.51. The molecule has 8 heteroatoms. The van der Waals surface area contributed by atoms with E-state index in [9.17, 15) is 9.59 Å². The zero-order valence-corrected chi connectivity index (χ0v) is 14.6. The second kappa shape index (κ2) is 7.40. The van der Waals surface area contributed by atoms with Gasteiger partial charge in [0.15, 0.2) is 5.58 Å². The number of nitrogens with zero attached hydrogens (tertiary/aromatic N) is 1. The SMILES string of the molecule is CNC(=O)CC(Sc1nc2ccccc2o1)C(=O)O.[Zn]. The van der Waals surface area contributed by atoms with Crippen LogP contribution in [0.15, 0.2) is 33.9 Å². The number of nitrogens with one attached hydrogen (secondary N) is 1. The first-order valence-corrected chi connectivity index (χ1v) is 6.43. The van der Waals surface area contributed by atoms with Crippen LogP contribution < -0.4 is 5.32 Å². The minimum Gasteiger partial charge on any atom is -0.480 e. The maximum Gasteiger partial charge on any atom is 0.317 e. The Morgan fingerprint density at radius 3 is 2.75 bits per heavy atom. The molecule has 1 aromatic heterocycles. The molecule has 0 spiro atoms. The van der Waals surface area contributed by atoms with Gasteiger partial charge in [0.25, 0.3) is 5.22 Å². The Morgan fingerprint density at radius 2 is 2.15 bits per heavy atom. The number of carboxylic acids is 1. The van der Waals surface area contributed by atoms with E-state index >= 15 is 0 Å². The molecule has 2 N–H and O–H groups in total. The molecule has 1 unspecified atom stereocenters. The Morgan fingerprint density at radius 1 is 1.45 bits per heavy atom. The summed E-state index contributed by atoms with van der Waals surface area (Å²) in [5.41, 5.74) is 1.25. The average Bonchev–Trinajstić information content (AvgIpc) is 2.79. The molecule has 2 aromatic rings. The van der Waals surface area contributed by atoms with Gasteiger partial charge < -0.3 is 14.8 Å². The number of amides is 1. The number of carbonyl (C=O) groups excluding carboxylic acids is 1. The van der Waals surface area contributed by atoms with E-state index in [4.69, 9.17) is 9.52 Å². The standard InChI is InChI=1S/C12H12N2O4S.Zn/c1-13-10(15)6-9(11(16)17)19-12-14-7-4-2-3-5-8(7)18-12;/h2-5,9H,6H2,1H3,(H,13,15)(H,16,17);. The zero-order chi connectivity index (χ0) is 13.8. The van der Waals surface area contributed by atoms with E-state index in [-0.39, 0.29) is 37.0 Å². The molecular formula is C12H12N2O4SZn. The number of fused-ring (bicyclic) bond motifs is 1. The first-order valence-electron chi connectivity index (χ1n) is 5.55. The van der Waals surface area contributed by atoms with Gasteiger partial charge in [0.2, 0.25) is 5.91 Å². The molecule has 0 saturated carbocycles. The van der Waals surface area contributed by atoms with Gasteiger partial charge in [-0.3, -0.25) is 9.59 Å². The molecule has 1 atom stereocenters. The van der Waals surface area contributed by atoms with Gasteiger partial charge in [0, 0.05) is 32.9 Å². The minimum absolute atomic E-state index is 0. The average molecular weight is 346 g/mol. The number of thioether (sulfide) groups is 1. The maximum absolute atomic E-state index is 11.3. The van der Waals surface area contributed by atoms with Crippen molar-refractivity contribution in [1.29, 1.82) is 0 Å². The van der Waals surface area contributed by atoms with Gasteiger partial charge in [-0.1, -0.05) is 23.9 Å². The summed E-state index contributed by atoms with van der Waals surface area (Å²) >= 11 is 0.928. The molecule has 0 aliphatic carbocycles. The van der Waals surface area contributed by atoms with Gasteiger partial charge in [-0.2, -0.15) is 0 Å². The number of para-hydroxylation sites is 2. The van der Waals surface area contributed by atoms with Crippen molar-refractivity contribution >= 4 is 34.7 Å². The third-order valence-electron chi connectivity index (χ3n) is 2.44. The summed E-state index contributed by atoms with van der Waals surface area (Å²) in [5.74, 6) is -1.41. The van der Waals surface area contributed by atoms with Gasteiger partial charge >= 0.3 is 5.97 Å². The van der Waals surface area contributed by atoms with E-state index in [0.717, 1.165) is 11.8 Å². The molecule has 102 valence electrons. The number of carboxylic acid groups (broad SMARTS) is 1. The molecule has 0 saturated heterocycles. The van der Waals surface area contributed by atoms with Crippen LogP contribution in [0, 0.1) is 0 Å².